The molecule has 5 aromatic rings. The fourth-order valence-corrected chi connectivity index (χ4v) is 4.67. The lowest BCUT2D eigenvalue weighted by Crippen LogP contribution is -2.36. The van der Waals surface area contributed by atoms with E-state index < -0.39 is 19.1 Å². The average molecular weight is 466 g/mol. The molecule has 2 aromatic heterocycles. The Morgan fingerprint density at radius 1 is 1.14 bits per heavy atom. The minimum absolute atomic E-state index is 0.120. The Morgan fingerprint density at radius 3 is 2.60 bits per heavy atom. The molecule has 174 valence electrons. The standard InChI is InChI=1S/C32H31N2O/c1-19(2)15-24-16-28(34(7)22(5)21(24)4)30-20(3)13-14-26-31-27(23-11-9-8-10-12-23)17-25(33-6)18-29(31)35-32(26)30/h8-14,16-19H,15H2,1-5,7H3/q+1/i4D3,15D2,16D. The number of hydrogen-bond acceptors (Lipinski definition) is 1. The van der Waals surface area contributed by atoms with Gasteiger partial charge in [0.05, 0.1) is 13.5 Å². The van der Waals surface area contributed by atoms with Crippen molar-refractivity contribution in [3.63, 3.8) is 0 Å². The predicted molar refractivity (Wildman–Crippen MR) is 145 cm³/mol. The van der Waals surface area contributed by atoms with E-state index in [9.17, 15) is 1.37 Å². The van der Waals surface area contributed by atoms with Crippen LogP contribution in [0.5, 0.6) is 0 Å². The van der Waals surface area contributed by atoms with E-state index in [0.29, 0.717) is 33.8 Å². The van der Waals surface area contributed by atoms with Gasteiger partial charge in [0.25, 0.3) is 0 Å². The second-order valence-electron chi connectivity index (χ2n) is 9.25. The molecular formula is C32H31N2O+. The largest absolute Gasteiger partial charge is 0.456 e. The molecule has 0 N–H and O–H groups in total. The second kappa shape index (κ2) is 8.71. The first-order valence-corrected chi connectivity index (χ1v) is 11.7. The van der Waals surface area contributed by atoms with Crippen LogP contribution in [-0.4, -0.2) is 0 Å². The molecule has 0 atom stereocenters. The Kier molecular flexibility index (Phi) is 4.15. The van der Waals surface area contributed by atoms with Crippen LogP contribution in [-0.2, 0) is 13.4 Å². The van der Waals surface area contributed by atoms with E-state index in [1.54, 1.807) is 38.5 Å². The van der Waals surface area contributed by atoms with Crippen molar-refractivity contribution in [3.8, 4) is 22.4 Å². The number of aromatic nitrogens is 1. The Balaban J connectivity index is 1.97. The monoisotopic (exact) mass is 465 g/mol. The van der Waals surface area contributed by atoms with Crippen LogP contribution < -0.4 is 4.57 Å². The number of benzene rings is 3. The lowest BCUT2D eigenvalue weighted by Gasteiger charge is -2.14. The van der Waals surface area contributed by atoms with Crippen LogP contribution >= 0.6 is 0 Å². The van der Waals surface area contributed by atoms with Gasteiger partial charge in [0.15, 0.2) is 11.4 Å². The second-order valence-corrected chi connectivity index (χ2v) is 9.25. The summed E-state index contributed by atoms with van der Waals surface area (Å²) >= 11 is 0. The summed E-state index contributed by atoms with van der Waals surface area (Å²) in [5.41, 5.74) is 5.13. The fourth-order valence-electron chi connectivity index (χ4n) is 4.67. The normalized spacial score (nSPS) is 14.8. The predicted octanol–water partition coefficient (Wildman–Crippen LogP) is 8.42. The highest BCUT2D eigenvalue weighted by Gasteiger charge is 2.25. The summed E-state index contributed by atoms with van der Waals surface area (Å²) in [4.78, 5) is 3.66. The number of aryl methyl sites for hydroxylation is 1. The number of pyridine rings is 1. The highest BCUT2D eigenvalue weighted by atomic mass is 16.3. The van der Waals surface area contributed by atoms with Gasteiger partial charge in [-0.15, -0.1) is 0 Å². The van der Waals surface area contributed by atoms with Crippen molar-refractivity contribution < 1.29 is 17.2 Å². The molecule has 0 bridgehead atoms. The molecule has 0 fully saturated rings. The van der Waals surface area contributed by atoms with E-state index in [1.165, 1.54) is 0 Å². The first kappa shape index (κ1) is 16.7. The fraction of sp³-hybridized carbons (Fsp3) is 0.250. The van der Waals surface area contributed by atoms with E-state index in [4.69, 9.17) is 17.8 Å². The molecule has 0 aliphatic carbocycles. The third-order valence-corrected chi connectivity index (χ3v) is 6.51. The van der Waals surface area contributed by atoms with Crippen LogP contribution in [0.3, 0.4) is 0 Å². The summed E-state index contributed by atoms with van der Waals surface area (Å²) in [5, 5.41) is 1.63. The number of nitrogens with zero attached hydrogens (tertiary/aromatic N) is 2. The third-order valence-electron chi connectivity index (χ3n) is 6.51. The molecular weight excluding hydrogens is 428 g/mol. The van der Waals surface area contributed by atoms with Crippen molar-refractivity contribution in [2.24, 2.45) is 13.0 Å². The van der Waals surface area contributed by atoms with E-state index in [-0.39, 0.29) is 17.2 Å². The van der Waals surface area contributed by atoms with Gasteiger partial charge in [0.1, 0.15) is 18.2 Å². The maximum absolute atomic E-state index is 9.35. The minimum Gasteiger partial charge on any atom is -0.456 e. The van der Waals surface area contributed by atoms with Crippen molar-refractivity contribution in [1.82, 2.24) is 0 Å². The highest BCUT2D eigenvalue weighted by Crippen LogP contribution is 2.43. The zero-order chi connectivity index (χ0) is 30.0. The average Bonchev–Trinajstić information content (AvgIpc) is 3.29. The Bertz CT molecular complexity index is 1880. The molecule has 0 radical (unpaired) electrons. The van der Waals surface area contributed by atoms with Gasteiger partial charge in [0.2, 0.25) is 5.69 Å². The van der Waals surface area contributed by atoms with Gasteiger partial charge in [-0.05, 0) is 60.5 Å². The van der Waals surface area contributed by atoms with Crippen molar-refractivity contribution in [2.75, 3.05) is 0 Å². The van der Waals surface area contributed by atoms with Crippen LogP contribution in [0.2, 0.25) is 0 Å². The van der Waals surface area contributed by atoms with Gasteiger partial charge in [-0.25, -0.2) is 4.85 Å². The Labute approximate surface area is 215 Å². The van der Waals surface area contributed by atoms with Crippen molar-refractivity contribution >= 4 is 27.6 Å². The molecule has 3 heteroatoms. The molecule has 2 heterocycles. The summed E-state index contributed by atoms with van der Waals surface area (Å²) in [5.74, 6) is -0.573. The van der Waals surface area contributed by atoms with Gasteiger partial charge in [0, 0.05) is 36.2 Å². The van der Waals surface area contributed by atoms with Crippen LogP contribution in [0.25, 0.3) is 49.2 Å². The quantitative estimate of drug-likeness (QED) is 0.193. The maximum atomic E-state index is 9.35. The minimum atomic E-state index is -2.62. The highest BCUT2D eigenvalue weighted by molar-refractivity contribution is 6.16. The first-order valence-electron chi connectivity index (χ1n) is 14.7. The van der Waals surface area contributed by atoms with E-state index >= 15 is 0 Å². The van der Waals surface area contributed by atoms with Crippen LogP contribution in [0.1, 0.15) is 44.5 Å². The van der Waals surface area contributed by atoms with Crippen molar-refractivity contribution in [1.29, 1.82) is 0 Å². The first-order chi connectivity index (χ1) is 19.2. The van der Waals surface area contributed by atoms with E-state index in [0.717, 1.165) is 27.5 Å². The summed E-state index contributed by atoms with van der Waals surface area (Å²) in [6.45, 7) is 12.0. The lowest BCUT2D eigenvalue weighted by molar-refractivity contribution is -0.667. The zero-order valence-corrected chi connectivity index (χ0v) is 20.6. The summed E-state index contributed by atoms with van der Waals surface area (Å²) in [6, 6.07) is 17.1. The third kappa shape index (κ3) is 3.80. The maximum Gasteiger partial charge on any atom is 0.216 e. The lowest BCUT2D eigenvalue weighted by atomic mass is 9.93. The van der Waals surface area contributed by atoms with E-state index in [1.807, 2.05) is 55.5 Å². The van der Waals surface area contributed by atoms with Crippen LogP contribution in [0.4, 0.5) is 5.69 Å². The Morgan fingerprint density at radius 2 is 1.91 bits per heavy atom. The molecule has 0 saturated carbocycles. The van der Waals surface area contributed by atoms with Crippen molar-refractivity contribution in [2.45, 2.75) is 40.9 Å². The Hall–Kier alpha value is -3.90. The molecule has 0 spiro atoms. The van der Waals surface area contributed by atoms with Crippen LogP contribution in [0.15, 0.2) is 65.1 Å². The van der Waals surface area contributed by atoms with Gasteiger partial charge >= 0.3 is 0 Å². The summed E-state index contributed by atoms with van der Waals surface area (Å²) in [7, 11) is 1.71. The topological polar surface area (TPSA) is 21.4 Å². The summed E-state index contributed by atoms with van der Waals surface area (Å²) < 4.78 is 60.1. The van der Waals surface area contributed by atoms with Gasteiger partial charge in [-0.3, -0.25) is 0 Å². The van der Waals surface area contributed by atoms with Gasteiger partial charge < -0.3 is 4.42 Å². The van der Waals surface area contributed by atoms with Crippen LogP contribution in [0, 0.1) is 33.2 Å². The molecule has 0 amide bonds. The molecule has 5 rings (SSSR count). The molecule has 0 aliphatic heterocycles. The SMILES string of the molecule is [2H]c1c(C([2H])([2H])C(C)C)c(C([2H])([2H])[2H])c(C)[n+](C)c1-c1c(C)ccc2c1oc1cc([N+]#[C-])cc(-c3ccccc3)c12. The molecule has 3 aromatic carbocycles. The molecule has 0 unspecified atom stereocenters. The number of hydrogen-bond donors (Lipinski definition) is 0. The van der Waals surface area contributed by atoms with Crippen molar-refractivity contribution in [3.05, 3.63) is 94.4 Å². The molecule has 35 heavy (non-hydrogen) atoms. The number of rotatable bonds is 4. The number of fused-ring (bicyclic) bond motifs is 3. The molecule has 0 aliphatic rings. The van der Waals surface area contributed by atoms with Gasteiger partial charge in [-0.1, -0.05) is 56.3 Å². The van der Waals surface area contributed by atoms with Gasteiger partial charge in [-0.2, -0.15) is 4.57 Å². The smallest absolute Gasteiger partial charge is 0.216 e. The van der Waals surface area contributed by atoms with E-state index in [2.05, 4.69) is 4.85 Å². The zero-order valence-electron chi connectivity index (χ0n) is 26.6. The summed E-state index contributed by atoms with van der Waals surface area (Å²) in [6.07, 6.45) is -2.07. The molecule has 0 saturated heterocycles. The molecule has 3 nitrogen and oxygen atoms in total. The number of furan rings is 1.